The van der Waals surface area contributed by atoms with Gasteiger partial charge in [0.15, 0.2) is 0 Å². The molecule has 0 radical (unpaired) electrons. The normalized spacial score (nSPS) is 14.3. The maximum Gasteiger partial charge on any atom is 0.401 e. The molecule has 104 valence electrons. The monoisotopic (exact) mass is 254 g/mol. The van der Waals surface area contributed by atoms with Crippen LogP contribution in [0.1, 0.15) is 40.0 Å². The fraction of sp³-hybridized carbons (Fsp3) is 1.00. The molecule has 0 rings (SSSR count). The first-order valence-electron chi connectivity index (χ1n) is 6.45. The molecule has 0 fully saturated rings. The average Bonchev–Trinajstić information content (AvgIpc) is 2.23. The van der Waals surface area contributed by atoms with Crippen LogP contribution in [0.25, 0.3) is 0 Å². The van der Waals surface area contributed by atoms with Gasteiger partial charge in [-0.05, 0) is 25.9 Å². The number of alkyl halides is 3. The number of halogens is 3. The molecule has 0 saturated carbocycles. The molecule has 0 saturated heterocycles. The summed E-state index contributed by atoms with van der Waals surface area (Å²) in [6.45, 7) is 6.86. The van der Waals surface area contributed by atoms with Crippen LogP contribution < -0.4 is 5.32 Å². The Labute approximate surface area is 103 Å². The number of hydrogen-bond donors (Lipinski definition) is 1. The lowest BCUT2D eigenvalue weighted by Crippen LogP contribution is -2.44. The van der Waals surface area contributed by atoms with Crippen LogP contribution in [0.5, 0.6) is 0 Å². The summed E-state index contributed by atoms with van der Waals surface area (Å²) in [5.74, 6) is 0. The first-order chi connectivity index (χ1) is 7.92. The highest BCUT2D eigenvalue weighted by atomic mass is 19.4. The highest BCUT2D eigenvalue weighted by Crippen LogP contribution is 2.16. The highest BCUT2D eigenvalue weighted by Gasteiger charge is 2.30. The molecule has 0 aliphatic carbocycles. The molecule has 2 nitrogen and oxygen atoms in total. The minimum absolute atomic E-state index is 0.169. The van der Waals surface area contributed by atoms with Gasteiger partial charge >= 0.3 is 6.18 Å². The zero-order valence-corrected chi connectivity index (χ0v) is 11.1. The minimum atomic E-state index is -4.10. The fourth-order valence-corrected chi connectivity index (χ4v) is 1.83. The summed E-state index contributed by atoms with van der Waals surface area (Å²) in [5, 5.41) is 3.31. The largest absolute Gasteiger partial charge is 0.401 e. The van der Waals surface area contributed by atoms with Crippen LogP contribution in [0.2, 0.25) is 0 Å². The first-order valence-corrected chi connectivity index (χ1v) is 6.45. The lowest BCUT2D eigenvalue weighted by atomic mass is 10.1. The predicted octanol–water partition coefficient (Wildman–Crippen LogP) is 3.04. The topological polar surface area (TPSA) is 15.3 Å². The standard InChI is InChI=1S/C12H25F3N2/c1-4-7-11(16-8-5-2)9-17(6-3)10-12(13,14)15/h11,16H,4-10H2,1-3H3. The molecule has 17 heavy (non-hydrogen) atoms. The minimum Gasteiger partial charge on any atom is -0.313 e. The Hall–Kier alpha value is -0.290. The van der Waals surface area contributed by atoms with E-state index in [1.165, 1.54) is 4.90 Å². The number of nitrogens with one attached hydrogen (secondary N) is 1. The third-order valence-corrected chi connectivity index (χ3v) is 2.65. The van der Waals surface area contributed by atoms with Crippen molar-refractivity contribution in [3.8, 4) is 0 Å². The Morgan fingerprint density at radius 2 is 1.76 bits per heavy atom. The second kappa shape index (κ2) is 8.75. The zero-order chi connectivity index (χ0) is 13.3. The second-order valence-corrected chi connectivity index (χ2v) is 4.38. The van der Waals surface area contributed by atoms with Gasteiger partial charge < -0.3 is 5.32 Å². The van der Waals surface area contributed by atoms with Crippen molar-refractivity contribution >= 4 is 0 Å². The van der Waals surface area contributed by atoms with Crippen molar-refractivity contribution in [3.05, 3.63) is 0 Å². The Morgan fingerprint density at radius 3 is 2.18 bits per heavy atom. The predicted molar refractivity (Wildman–Crippen MR) is 65.2 cm³/mol. The summed E-state index contributed by atoms with van der Waals surface area (Å²) in [4.78, 5) is 1.46. The van der Waals surface area contributed by atoms with Gasteiger partial charge in [-0.1, -0.05) is 27.2 Å². The molecular weight excluding hydrogens is 229 g/mol. The molecular formula is C12H25F3N2. The summed E-state index contributed by atoms with van der Waals surface area (Å²) in [5.41, 5.74) is 0. The molecule has 1 unspecified atom stereocenters. The molecule has 0 spiro atoms. The van der Waals surface area contributed by atoms with E-state index in [0.29, 0.717) is 13.1 Å². The van der Waals surface area contributed by atoms with Crippen LogP contribution in [-0.2, 0) is 0 Å². The van der Waals surface area contributed by atoms with E-state index in [2.05, 4.69) is 19.2 Å². The quantitative estimate of drug-likeness (QED) is 0.680. The molecule has 5 heteroatoms. The van der Waals surface area contributed by atoms with Crippen LogP contribution in [-0.4, -0.2) is 43.3 Å². The third kappa shape index (κ3) is 9.41. The Bertz CT molecular complexity index is 183. The van der Waals surface area contributed by atoms with Crippen LogP contribution in [0.15, 0.2) is 0 Å². The Balaban J connectivity index is 4.17. The van der Waals surface area contributed by atoms with Gasteiger partial charge in [-0.3, -0.25) is 4.90 Å². The summed E-state index contributed by atoms with van der Waals surface area (Å²) in [7, 11) is 0. The van der Waals surface area contributed by atoms with Gasteiger partial charge in [0.2, 0.25) is 0 Å². The van der Waals surface area contributed by atoms with Gasteiger partial charge in [0.05, 0.1) is 6.54 Å². The molecule has 1 N–H and O–H groups in total. The van der Waals surface area contributed by atoms with Crippen molar-refractivity contribution in [1.29, 1.82) is 0 Å². The molecule has 0 aromatic rings. The summed E-state index contributed by atoms with van der Waals surface area (Å²) >= 11 is 0. The molecule has 0 bridgehead atoms. The Kier molecular flexibility index (Phi) is 8.60. The van der Waals surface area contributed by atoms with E-state index in [1.807, 2.05) is 0 Å². The summed E-state index contributed by atoms with van der Waals surface area (Å²) < 4.78 is 37.0. The van der Waals surface area contributed by atoms with Gasteiger partial charge in [0.25, 0.3) is 0 Å². The second-order valence-electron chi connectivity index (χ2n) is 4.38. The molecule has 1 atom stereocenters. The van der Waals surface area contributed by atoms with Crippen LogP contribution in [0.3, 0.4) is 0 Å². The lowest BCUT2D eigenvalue weighted by molar-refractivity contribution is -0.146. The van der Waals surface area contributed by atoms with Crippen molar-refractivity contribution in [2.45, 2.75) is 52.3 Å². The lowest BCUT2D eigenvalue weighted by Gasteiger charge is -2.27. The molecule has 0 amide bonds. The maximum atomic E-state index is 12.3. The van der Waals surface area contributed by atoms with E-state index in [-0.39, 0.29) is 6.04 Å². The van der Waals surface area contributed by atoms with Gasteiger partial charge in [-0.25, -0.2) is 0 Å². The number of likely N-dealkylation sites (N-methyl/N-ethyl adjacent to an activating group) is 1. The van der Waals surface area contributed by atoms with E-state index >= 15 is 0 Å². The summed E-state index contributed by atoms with van der Waals surface area (Å²) in [6.07, 6.45) is -1.18. The van der Waals surface area contributed by atoms with E-state index in [4.69, 9.17) is 0 Å². The van der Waals surface area contributed by atoms with E-state index in [1.54, 1.807) is 6.92 Å². The van der Waals surface area contributed by atoms with Gasteiger partial charge in [0.1, 0.15) is 0 Å². The Morgan fingerprint density at radius 1 is 1.12 bits per heavy atom. The van der Waals surface area contributed by atoms with E-state index in [9.17, 15) is 13.2 Å². The number of rotatable bonds is 9. The molecule has 0 aromatic carbocycles. The van der Waals surface area contributed by atoms with Crippen LogP contribution in [0, 0.1) is 0 Å². The third-order valence-electron chi connectivity index (χ3n) is 2.65. The first kappa shape index (κ1) is 16.7. The van der Waals surface area contributed by atoms with Crippen LogP contribution in [0.4, 0.5) is 13.2 Å². The van der Waals surface area contributed by atoms with E-state index in [0.717, 1.165) is 25.8 Å². The zero-order valence-electron chi connectivity index (χ0n) is 11.1. The molecule has 0 aliphatic heterocycles. The molecule has 0 aliphatic rings. The van der Waals surface area contributed by atoms with Crippen molar-refractivity contribution in [2.24, 2.45) is 0 Å². The summed E-state index contributed by atoms with van der Waals surface area (Å²) in [6, 6.07) is 0.169. The maximum absolute atomic E-state index is 12.3. The van der Waals surface area contributed by atoms with Gasteiger partial charge in [-0.15, -0.1) is 0 Å². The fourth-order valence-electron chi connectivity index (χ4n) is 1.83. The molecule has 0 aromatic heterocycles. The number of nitrogens with zero attached hydrogens (tertiary/aromatic N) is 1. The van der Waals surface area contributed by atoms with Gasteiger partial charge in [-0.2, -0.15) is 13.2 Å². The van der Waals surface area contributed by atoms with Crippen molar-refractivity contribution in [1.82, 2.24) is 10.2 Å². The average molecular weight is 254 g/mol. The number of hydrogen-bond acceptors (Lipinski definition) is 2. The van der Waals surface area contributed by atoms with Crippen molar-refractivity contribution in [3.63, 3.8) is 0 Å². The molecule has 0 heterocycles. The van der Waals surface area contributed by atoms with Crippen LogP contribution >= 0.6 is 0 Å². The SMILES string of the molecule is CCCNC(CCC)CN(CC)CC(F)(F)F. The van der Waals surface area contributed by atoms with E-state index < -0.39 is 12.7 Å². The van der Waals surface area contributed by atoms with Crippen molar-refractivity contribution < 1.29 is 13.2 Å². The van der Waals surface area contributed by atoms with Gasteiger partial charge in [0, 0.05) is 12.6 Å². The highest BCUT2D eigenvalue weighted by molar-refractivity contribution is 4.73. The smallest absolute Gasteiger partial charge is 0.313 e. The van der Waals surface area contributed by atoms with Crippen molar-refractivity contribution in [2.75, 3.05) is 26.2 Å².